The van der Waals surface area contributed by atoms with Crippen LogP contribution in [0.2, 0.25) is 0 Å². The summed E-state index contributed by atoms with van der Waals surface area (Å²) in [6.07, 6.45) is 1.41. The van der Waals surface area contributed by atoms with Gasteiger partial charge in [0.05, 0.1) is 6.07 Å². The Morgan fingerprint density at radius 1 is 1.26 bits per heavy atom. The monoisotopic (exact) mass is 252 g/mol. The minimum Gasteiger partial charge on any atom is -0.324 e. The number of anilines is 1. The van der Waals surface area contributed by atoms with Crippen LogP contribution in [-0.2, 0) is 4.79 Å². The Bertz CT molecular complexity index is 623. The lowest BCUT2D eigenvalue weighted by atomic mass is 10.0. The van der Waals surface area contributed by atoms with Crippen LogP contribution in [0.15, 0.2) is 42.5 Å². The Hall–Kier alpha value is -2.34. The first kappa shape index (κ1) is 13.1. The summed E-state index contributed by atoms with van der Waals surface area (Å²) in [6.45, 7) is 1.97. The van der Waals surface area contributed by atoms with Crippen molar-refractivity contribution >= 4 is 22.4 Å². The predicted octanol–water partition coefficient (Wildman–Crippen LogP) is 3.72. The van der Waals surface area contributed by atoms with Gasteiger partial charge >= 0.3 is 0 Å². The summed E-state index contributed by atoms with van der Waals surface area (Å²) in [7, 11) is 0. The summed E-state index contributed by atoms with van der Waals surface area (Å²) >= 11 is 0. The van der Waals surface area contributed by atoms with Crippen LogP contribution in [0.4, 0.5) is 5.69 Å². The van der Waals surface area contributed by atoms with E-state index in [0.717, 1.165) is 22.9 Å². The fraction of sp³-hybridized carbons (Fsp3) is 0.250. The first-order chi connectivity index (χ1) is 9.26. The summed E-state index contributed by atoms with van der Waals surface area (Å²) in [4.78, 5) is 12.0. The number of fused-ring (bicyclic) bond motifs is 1. The molecule has 0 radical (unpaired) electrons. The lowest BCUT2D eigenvalue weighted by Crippen LogP contribution is -2.21. The maximum absolute atomic E-state index is 12.0. The van der Waals surface area contributed by atoms with Gasteiger partial charge in [0.1, 0.15) is 5.92 Å². The molecule has 0 aromatic heterocycles. The normalized spacial score (nSPS) is 11.8. The maximum Gasteiger partial charge on any atom is 0.241 e. The highest BCUT2D eigenvalue weighted by Gasteiger charge is 2.17. The van der Waals surface area contributed by atoms with E-state index in [4.69, 9.17) is 5.26 Å². The SMILES string of the molecule is CCCC(C#N)C(=O)Nc1cccc2ccccc12. The van der Waals surface area contributed by atoms with Crippen LogP contribution in [0.5, 0.6) is 0 Å². The van der Waals surface area contributed by atoms with Crippen LogP contribution >= 0.6 is 0 Å². The zero-order valence-corrected chi connectivity index (χ0v) is 10.9. The lowest BCUT2D eigenvalue weighted by Gasteiger charge is -2.11. The molecule has 0 aliphatic rings. The van der Waals surface area contributed by atoms with Crippen molar-refractivity contribution in [2.24, 2.45) is 5.92 Å². The topological polar surface area (TPSA) is 52.9 Å². The number of nitrogens with one attached hydrogen (secondary N) is 1. The van der Waals surface area contributed by atoms with Gasteiger partial charge in [-0.15, -0.1) is 0 Å². The number of rotatable bonds is 4. The van der Waals surface area contributed by atoms with E-state index >= 15 is 0 Å². The Morgan fingerprint density at radius 2 is 2.00 bits per heavy atom. The van der Waals surface area contributed by atoms with E-state index in [9.17, 15) is 4.79 Å². The number of nitriles is 1. The van der Waals surface area contributed by atoms with Crippen molar-refractivity contribution in [2.45, 2.75) is 19.8 Å². The second-order valence-electron chi connectivity index (χ2n) is 4.49. The minimum atomic E-state index is -0.580. The van der Waals surface area contributed by atoms with Crippen molar-refractivity contribution in [2.75, 3.05) is 5.32 Å². The molecule has 0 heterocycles. The van der Waals surface area contributed by atoms with Gasteiger partial charge in [-0.3, -0.25) is 4.79 Å². The van der Waals surface area contributed by atoms with Crippen LogP contribution in [0.25, 0.3) is 10.8 Å². The molecular formula is C16H16N2O. The molecule has 1 amide bonds. The summed E-state index contributed by atoms with van der Waals surface area (Å²) in [5.41, 5.74) is 0.763. The number of hydrogen-bond acceptors (Lipinski definition) is 2. The van der Waals surface area contributed by atoms with Crippen molar-refractivity contribution in [3.05, 3.63) is 42.5 Å². The molecule has 19 heavy (non-hydrogen) atoms. The van der Waals surface area contributed by atoms with Crippen LogP contribution < -0.4 is 5.32 Å². The molecule has 2 aromatic carbocycles. The Morgan fingerprint density at radius 3 is 2.74 bits per heavy atom. The van der Waals surface area contributed by atoms with Gasteiger partial charge in [-0.2, -0.15) is 5.26 Å². The highest BCUT2D eigenvalue weighted by Crippen LogP contribution is 2.23. The highest BCUT2D eigenvalue weighted by molar-refractivity contribution is 6.03. The Labute approximate surface area is 112 Å². The summed E-state index contributed by atoms with van der Waals surface area (Å²) in [5.74, 6) is -0.801. The van der Waals surface area contributed by atoms with Gasteiger partial charge < -0.3 is 5.32 Å². The fourth-order valence-corrected chi connectivity index (χ4v) is 2.10. The third-order valence-electron chi connectivity index (χ3n) is 3.10. The molecule has 0 bridgehead atoms. The summed E-state index contributed by atoms with van der Waals surface area (Å²) in [6, 6.07) is 15.7. The highest BCUT2D eigenvalue weighted by atomic mass is 16.1. The smallest absolute Gasteiger partial charge is 0.241 e. The number of nitrogens with zero attached hydrogens (tertiary/aromatic N) is 1. The van der Waals surface area contributed by atoms with E-state index in [1.54, 1.807) is 0 Å². The molecular weight excluding hydrogens is 236 g/mol. The number of hydrogen-bond donors (Lipinski definition) is 1. The molecule has 3 nitrogen and oxygen atoms in total. The van der Waals surface area contributed by atoms with Gasteiger partial charge in [0, 0.05) is 11.1 Å². The summed E-state index contributed by atoms with van der Waals surface area (Å²) < 4.78 is 0. The maximum atomic E-state index is 12.0. The average molecular weight is 252 g/mol. The second kappa shape index (κ2) is 6.01. The number of benzene rings is 2. The largest absolute Gasteiger partial charge is 0.324 e. The van der Waals surface area contributed by atoms with Crippen LogP contribution in [0.3, 0.4) is 0 Å². The molecule has 0 aliphatic carbocycles. The molecule has 0 fully saturated rings. The van der Waals surface area contributed by atoms with Gasteiger partial charge in [0.25, 0.3) is 0 Å². The standard InChI is InChI=1S/C16H16N2O/c1-2-6-13(11-17)16(19)18-15-10-5-8-12-7-3-4-9-14(12)15/h3-5,7-10,13H,2,6H2,1H3,(H,18,19). The zero-order chi connectivity index (χ0) is 13.7. The molecule has 1 atom stereocenters. The van der Waals surface area contributed by atoms with Gasteiger partial charge in [-0.25, -0.2) is 0 Å². The predicted molar refractivity (Wildman–Crippen MR) is 76.6 cm³/mol. The molecule has 2 aromatic rings. The number of carbonyl (C=O) groups excluding carboxylic acids is 1. The Kier molecular flexibility index (Phi) is 4.15. The fourth-order valence-electron chi connectivity index (χ4n) is 2.10. The zero-order valence-electron chi connectivity index (χ0n) is 10.9. The van der Waals surface area contributed by atoms with Gasteiger partial charge in [-0.05, 0) is 17.9 Å². The van der Waals surface area contributed by atoms with Gasteiger partial charge in [-0.1, -0.05) is 49.7 Å². The number of carbonyl (C=O) groups is 1. The van der Waals surface area contributed by atoms with Gasteiger partial charge in [0.2, 0.25) is 5.91 Å². The quantitative estimate of drug-likeness (QED) is 0.901. The van der Waals surface area contributed by atoms with E-state index in [1.807, 2.05) is 49.4 Å². The lowest BCUT2D eigenvalue weighted by molar-refractivity contribution is -0.118. The third kappa shape index (κ3) is 2.92. The molecule has 0 saturated carbocycles. The third-order valence-corrected chi connectivity index (χ3v) is 3.10. The van der Waals surface area contributed by atoms with Crippen LogP contribution in [0.1, 0.15) is 19.8 Å². The summed E-state index contributed by atoms with van der Waals surface area (Å²) in [5, 5.41) is 13.9. The molecule has 0 spiro atoms. The van der Waals surface area contributed by atoms with Crippen molar-refractivity contribution in [1.82, 2.24) is 0 Å². The van der Waals surface area contributed by atoms with Crippen molar-refractivity contribution in [3.63, 3.8) is 0 Å². The van der Waals surface area contributed by atoms with Crippen molar-refractivity contribution in [1.29, 1.82) is 5.26 Å². The molecule has 1 unspecified atom stereocenters. The van der Waals surface area contributed by atoms with E-state index in [2.05, 4.69) is 11.4 Å². The number of amides is 1. The average Bonchev–Trinajstić information content (AvgIpc) is 2.45. The minimum absolute atomic E-state index is 0.222. The molecule has 1 N–H and O–H groups in total. The first-order valence-electron chi connectivity index (χ1n) is 6.44. The molecule has 3 heteroatoms. The molecule has 2 rings (SSSR count). The second-order valence-corrected chi connectivity index (χ2v) is 4.49. The van der Waals surface area contributed by atoms with E-state index in [0.29, 0.717) is 6.42 Å². The van der Waals surface area contributed by atoms with Crippen molar-refractivity contribution < 1.29 is 4.79 Å². The van der Waals surface area contributed by atoms with E-state index in [1.165, 1.54) is 0 Å². The molecule has 0 saturated heterocycles. The van der Waals surface area contributed by atoms with E-state index < -0.39 is 5.92 Å². The molecule has 96 valence electrons. The van der Waals surface area contributed by atoms with Gasteiger partial charge in [0.15, 0.2) is 0 Å². The van der Waals surface area contributed by atoms with E-state index in [-0.39, 0.29) is 5.91 Å². The Balaban J connectivity index is 2.27. The van der Waals surface area contributed by atoms with Crippen LogP contribution in [-0.4, -0.2) is 5.91 Å². The molecule has 0 aliphatic heterocycles. The van der Waals surface area contributed by atoms with Crippen molar-refractivity contribution in [3.8, 4) is 6.07 Å². The first-order valence-corrected chi connectivity index (χ1v) is 6.44. The van der Waals surface area contributed by atoms with Crippen LogP contribution in [0, 0.1) is 17.2 Å².